The summed E-state index contributed by atoms with van der Waals surface area (Å²) in [6, 6.07) is 96.7. The fraction of sp³-hybridized carbons (Fsp3) is 0.0149. The summed E-state index contributed by atoms with van der Waals surface area (Å²) in [4.78, 5) is 10.7. The molecule has 2 heteroatoms. The molecule has 0 radical (unpaired) electrons. The number of hydrogen-bond donors (Lipinski definition) is 0. The summed E-state index contributed by atoms with van der Waals surface area (Å²) in [6.07, 6.45) is 0. The van der Waals surface area contributed by atoms with E-state index >= 15 is 0 Å². The largest absolute Gasteiger partial charge is 0.228 e. The molecule has 0 amide bonds. The van der Waals surface area contributed by atoms with Crippen molar-refractivity contribution in [2.24, 2.45) is 0 Å². The Morgan fingerprint density at radius 2 is 0.710 bits per heavy atom. The second-order valence-electron chi connectivity index (χ2n) is 18.0. The molecule has 1 heterocycles. The van der Waals surface area contributed by atoms with Gasteiger partial charge < -0.3 is 0 Å². The lowest BCUT2D eigenvalue weighted by molar-refractivity contribution is 0.770. The van der Waals surface area contributed by atoms with Crippen molar-refractivity contribution in [1.82, 2.24) is 9.97 Å². The molecule has 2 nitrogen and oxygen atoms in total. The number of rotatable bonds is 8. The molecule has 0 saturated carbocycles. The topological polar surface area (TPSA) is 25.8 Å². The SMILES string of the molecule is c1ccc(-c2cc(-c3ccccc3-c3ccccc3)nc(-c3ccc(-c4ccc(-c5ccc6c(c5)C(c5ccccc5)(c5ccccc5)c5cc7ccccc7cc5-6)cc4)c4ccccc34)n2)cc1. The van der Waals surface area contributed by atoms with Gasteiger partial charge in [-0.2, -0.15) is 0 Å². The molecule has 322 valence electrons. The molecule has 0 unspecified atom stereocenters. The first-order valence-electron chi connectivity index (χ1n) is 23.7. The van der Waals surface area contributed by atoms with E-state index in [2.05, 4.69) is 261 Å². The van der Waals surface area contributed by atoms with Crippen molar-refractivity contribution >= 4 is 21.5 Å². The fourth-order valence-corrected chi connectivity index (χ4v) is 11.0. The van der Waals surface area contributed by atoms with Crippen LogP contribution >= 0.6 is 0 Å². The Kier molecular flexibility index (Phi) is 9.77. The first-order chi connectivity index (χ1) is 34.2. The Bertz CT molecular complexity index is 3820. The third kappa shape index (κ3) is 6.80. The first-order valence-corrected chi connectivity index (χ1v) is 23.7. The minimum Gasteiger partial charge on any atom is -0.228 e. The van der Waals surface area contributed by atoms with E-state index in [4.69, 9.17) is 9.97 Å². The van der Waals surface area contributed by atoms with Crippen molar-refractivity contribution in [1.29, 1.82) is 0 Å². The molecule has 0 spiro atoms. The van der Waals surface area contributed by atoms with Crippen LogP contribution in [0.3, 0.4) is 0 Å². The lowest BCUT2D eigenvalue weighted by Crippen LogP contribution is -2.28. The van der Waals surface area contributed by atoms with Gasteiger partial charge in [0.2, 0.25) is 0 Å². The van der Waals surface area contributed by atoms with Gasteiger partial charge in [-0.1, -0.05) is 237 Å². The van der Waals surface area contributed by atoms with Crippen molar-refractivity contribution in [2.75, 3.05) is 0 Å². The molecule has 0 N–H and O–H groups in total. The van der Waals surface area contributed by atoms with E-state index in [0.29, 0.717) is 5.82 Å². The van der Waals surface area contributed by atoms with Crippen LogP contribution in [0, 0.1) is 0 Å². The molecule has 1 aromatic heterocycles. The van der Waals surface area contributed by atoms with Crippen LogP contribution in [-0.4, -0.2) is 9.97 Å². The average molecular weight is 877 g/mol. The van der Waals surface area contributed by atoms with Crippen molar-refractivity contribution in [3.63, 3.8) is 0 Å². The van der Waals surface area contributed by atoms with Gasteiger partial charge in [-0.05, 0) is 119 Å². The Labute approximate surface area is 402 Å². The molecule has 0 saturated heterocycles. The third-order valence-corrected chi connectivity index (χ3v) is 14.2. The Hall–Kier alpha value is -8.98. The fourth-order valence-electron chi connectivity index (χ4n) is 11.0. The van der Waals surface area contributed by atoms with E-state index in [9.17, 15) is 0 Å². The van der Waals surface area contributed by atoms with Gasteiger partial charge in [0.1, 0.15) is 0 Å². The molecule has 1 aliphatic carbocycles. The molecule has 0 atom stereocenters. The number of nitrogens with zero attached hydrogens (tertiary/aromatic N) is 2. The molecule has 0 fully saturated rings. The van der Waals surface area contributed by atoms with Crippen LogP contribution in [0.4, 0.5) is 0 Å². The van der Waals surface area contributed by atoms with Crippen LogP contribution in [0.15, 0.2) is 267 Å². The van der Waals surface area contributed by atoms with Crippen molar-refractivity contribution < 1.29 is 0 Å². The van der Waals surface area contributed by atoms with Gasteiger partial charge in [0, 0.05) is 16.7 Å². The van der Waals surface area contributed by atoms with Crippen molar-refractivity contribution in [3.05, 3.63) is 289 Å². The summed E-state index contributed by atoms with van der Waals surface area (Å²) >= 11 is 0. The van der Waals surface area contributed by atoms with E-state index in [1.54, 1.807) is 0 Å². The predicted molar refractivity (Wildman–Crippen MR) is 287 cm³/mol. The van der Waals surface area contributed by atoms with Crippen LogP contribution in [0.25, 0.3) is 100.0 Å². The summed E-state index contributed by atoms with van der Waals surface area (Å²) in [6.45, 7) is 0. The quantitative estimate of drug-likeness (QED) is 0.152. The highest BCUT2D eigenvalue weighted by Crippen LogP contribution is 2.57. The second kappa shape index (κ2) is 16.7. The van der Waals surface area contributed by atoms with E-state index in [0.717, 1.165) is 55.5 Å². The Morgan fingerprint density at radius 3 is 1.39 bits per heavy atom. The lowest BCUT2D eigenvalue weighted by Gasteiger charge is -2.34. The van der Waals surface area contributed by atoms with Gasteiger partial charge in [-0.3, -0.25) is 0 Å². The van der Waals surface area contributed by atoms with Crippen LogP contribution in [0.1, 0.15) is 22.3 Å². The van der Waals surface area contributed by atoms with Gasteiger partial charge >= 0.3 is 0 Å². The monoisotopic (exact) mass is 876 g/mol. The van der Waals surface area contributed by atoms with E-state index in [1.165, 1.54) is 60.8 Å². The zero-order valence-electron chi connectivity index (χ0n) is 37.8. The average Bonchev–Trinajstić information content (AvgIpc) is 3.72. The number of aromatic nitrogens is 2. The Morgan fingerprint density at radius 1 is 0.246 bits per heavy atom. The molecule has 0 bridgehead atoms. The molecule has 11 aromatic carbocycles. The van der Waals surface area contributed by atoms with Gasteiger partial charge in [-0.25, -0.2) is 9.97 Å². The van der Waals surface area contributed by atoms with Crippen molar-refractivity contribution in [3.8, 4) is 78.4 Å². The van der Waals surface area contributed by atoms with E-state index < -0.39 is 5.41 Å². The van der Waals surface area contributed by atoms with Crippen LogP contribution < -0.4 is 0 Å². The standard InChI is InChI=1S/C67H44N2/c1-5-19-46(20-6-1)54-29-15-18-32-59(54)65-44-64(48-21-7-2-8-22-48)68-66(69-65)60-40-39-55(56-30-16-17-31-57(56)60)47-35-33-45(34-36-47)51-37-38-58-61-41-49-23-13-14-24-50(49)42-63(61)67(62(58)43-51,52-25-9-3-10-26-52)53-27-11-4-12-28-53/h1-44H. The molecule has 69 heavy (non-hydrogen) atoms. The number of hydrogen-bond acceptors (Lipinski definition) is 2. The third-order valence-electron chi connectivity index (χ3n) is 14.2. The van der Waals surface area contributed by atoms with Gasteiger partial charge in [-0.15, -0.1) is 0 Å². The molecule has 12 aromatic rings. The maximum atomic E-state index is 5.37. The van der Waals surface area contributed by atoms with Gasteiger partial charge in [0.25, 0.3) is 0 Å². The molecule has 0 aliphatic heterocycles. The molecule has 13 rings (SSSR count). The minimum atomic E-state index is -0.496. The maximum absolute atomic E-state index is 5.37. The predicted octanol–water partition coefficient (Wildman–Crippen LogP) is 17.1. The highest BCUT2D eigenvalue weighted by molar-refractivity contribution is 6.05. The van der Waals surface area contributed by atoms with Crippen LogP contribution in [-0.2, 0) is 5.41 Å². The first kappa shape index (κ1) is 40.3. The smallest absolute Gasteiger partial charge is 0.161 e. The van der Waals surface area contributed by atoms with Gasteiger partial charge in [0.15, 0.2) is 5.82 Å². The van der Waals surface area contributed by atoms with E-state index in [-0.39, 0.29) is 0 Å². The minimum absolute atomic E-state index is 0.496. The highest BCUT2D eigenvalue weighted by Gasteiger charge is 2.46. The molecular formula is C67H44N2. The van der Waals surface area contributed by atoms with E-state index in [1.807, 2.05) is 6.07 Å². The zero-order chi connectivity index (χ0) is 45.7. The maximum Gasteiger partial charge on any atom is 0.161 e. The number of benzene rings is 11. The summed E-state index contributed by atoms with van der Waals surface area (Å²) < 4.78 is 0. The summed E-state index contributed by atoms with van der Waals surface area (Å²) in [7, 11) is 0. The second-order valence-corrected chi connectivity index (χ2v) is 18.0. The molecule has 1 aliphatic rings. The summed E-state index contributed by atoms with van der Waals surface area (Å²) in [5, 5.41) is 4.76. The highest BCUT2D eigenvalue weighted by atomic mass is 14.9. The zero-order valence-corrected chi connectivity index (χ0v) is 37.8. The van der Waals surface area contributed by atoms with Crippen LogP contribution in [0.5, 0.6) is 0 Å². The normalized spacial score (nSPS) is 12.5. The summed E-state index contributed by atoms with van der Waals surface area (Å²) in [5.74, 6) is 0.696. The molecular weight excluding hydrogens is 833 g/mol. The Balaban J connectivity index is 0.919. The van der Waals surface area contributed by atoms with Gasteiger partial charge in [0.05, 0.1) is 16.8 Å². The van der Waals surface area contributed by atoms with Crippen molar-refractivity contribution in [2.45, 2.75) is 5.41 Å². The number of fused-ring (bicyclic) bond motifs is 5. The lowest BCUT2D eigenvalue weighted by atomic mass is 9.67. The van der Waals surface area contributed by atoms with Crippen LogP contribution in [0.2, 0.25) is 0 Å². The summed E-state index contributed by atoms with van der Waals surface area (Å²) in [5.41, 5.74) is 19.1.